The van der Waals surface area contributed by atoms with Gasteiger partial charge in [-0.25, -0.2) is 0 Å². The second kappa shape index (κ2) is 8.45. The number of carbonyl (C=O) groups is 1. The van der Waals surface area contributed by atoms with E-state index in [1.54, 1.807) is 12.1 Å². The molecule has 25 heavy (non-hydrogen) atoms. The number of alkyl halides is 2. The lowest BCUT2D eigenvalue weighted by Crippen LogP contribution is -2.19. The lowest BCUT2D eigenvalue weighted by Gasteiger charge is -2.16. The zero-order valence-electron chi connectivity index (χ0n) is 13.3. The SMILES string of the molecule is O=C(c1ccc(Oc2ccccc2)cc1)[C@@H](Br)[C@@H](Br)c1ccccc1. The van der Waals surface area contributed by atoms with Crippen molar-refractivity contribution >= 4 is 37.6 Å². The van der Waals surface area contributed by atoms with E-state index >= 15 is 0 Å². The van der Waals surface area contributed by atoms with E-state index in [9.17, 15) is 4.79 Å². The number of ether oxygens (including phenoxy) is 1. The smallest absolute Gasteiger partial charge is 0.177 e. The van der Waals surface area contributed by atoms with Gasteiger partial charge in [-0.3, -0.25) is 4.79 Å². The second-order valence-electron chi connectivity index (χ2n) is 5.52. The molecule has 2 nitrogen and oxygen atoms in total. The predicted molar refractivity (Wildman–Crippen MR) is 108 cm³/mol. The van der Waals surface area contributed by atoms with Crippen LogP contribution in [0.25, 0.3) is 0 Å². The molecule has 4 heteroatoms. The van der Waals surface area contributed by atoms with Crippen LogP contribution < -0.4 is 4.74 Å². The van der Waals surface area contributed by atoms with E-state index in [0.717, 1.165) is 11.3 Å². The van der Waals surface area contributed by atoms with Gasteiger partial charge in [0.15, 0.2) is 5.78 Å². The highest BCUT2D eigenvalue weighted by molar-refractivity contribution is 9.12. The van der Waals surface area contributed by atoms with Crippen LogP contribution in [0.3, 0.4) is 0 Å². The van der Waals surface area contributed by atoms with E-state index < -0.39 is 0 Å². The first-order valence-electron chi connectivity index (χ1n) is 7.85. The van der Waals surface area contributed by atoms with Crippen LogP contribution in [0.4, 0.5) is 0 Å². The van der Waals surface area contributed by atoms with Crippen LogP contribution >= 0.6 is 31.9 Å². The van der Waals surface area contributed by atoms with E-state index in [1.165, 1.54) is 0 Å². The molecule has 0 aromatic heterocycles. The molecule has 2 atom stereocenters. The van der Waals surface area contributed by atoms with Gasteiger partial charge in [-0.1, -0.05) is 80.4 Å². The molecule has 126 valence electrons. The van der Waals surface area contributed by atoms with Crippen molar-refractivity contribution in [2.45, 2.75) is 9.65 Å². The first-order valence-corrected chi connectivity index (χ1v) is 9.68. The van der Waals surface area contributed by atoms with Gasteiger partial charge in [-0.05, 0) is 42.0 Å². The Hall–Kier alpha value is -1.91. The topological polar surface area (TPSA) is 26.3 Å². The minimum atomic E-state index is -0.351. The Labute approximate surface area is 164 Å². The summed E-state index contributed by atoms with van der Waals surface area (Å²) in [5, 5.41) is 0. The molecule has 0 saturated carbocycles. The zero-order valence-corrected chi connectivity index (χ0v) is 16.5. The quantitative estimate of drug-likeness (QED) is 0.308. The second-order valence-corrected chi connectivity index (χ2v) is 7.49. The predicted octanol–water partition coefficient (Wildman–Crippen LogP) is 6.56. The van der Waals surface area contributed by atoms with E-state index in [4.69, 9.17) is 4.74 Å². The normalized spacial score (nSPS) is 13.0. The standard InChI is InChI=1S/C21H16Br2O2/c22-19(15-7-3-1-4-8-15)20(23)21(24)16-11-13-18(14-12-16)25-17-9-5-2-6-10-17/h1-14,19-20H/t19-,20-/m0/s1. The highest BCUT2D eigenvalue weighted by Gasteiger charge is 2.25. The van der Waals surface area contributed by atoms with Crippen LogP contribution in [-0.2, 0) is 0 Å². The molecule has 3 aromatic carbocycles. The van der Waals surface area contributed by atoms with Gasteiger partial charge in [0.1, 0.15) is 11.5 Å². The Bertz CT molecular complexity index is 818. The highest BCUT2D eigenvalue weighted by Crippen LogP contribution is 2.33. The summed E-state index contributed by atoms with van der Waals surface area (Å²) in [6.07, 6.45) is 0. The zero-order chi connectivity index (χ0) is 17.6. The van der Waals surface area contributed by atoms with Crippen LogP contribution in [-0.4, -0.2) is 10.6 Å². The fourth-order valence-corrected chi connectivity index (χ4v) is 3.52. The maximum Gasteiger partial charge on any atom is 0.177 e. The third-order valence-corrected chi connectivity index (χ3v) is 6.45. The summed E-state index contributed by atoms with van der Waals surface area (Å²) in [7, 11) is 0. The molecular formula is C21H16Br2O2. The Balaban J connectivity index is 1.70. The number of Topliss-reactive ketones (excluding diaryl/α,β-unsaturated/α-hetero) is 1. The Kier molecular flexibility index (Phi) is 6.05. The molecule has 0 spiro atoms. The molecule has 0 radical (unpaired) electrons. The molecule has 0 aliphatic rings. The van der Waals surface area contributed by atoms with Gasteiger partial charge in [0.05, 0.1) is 9.65 Å². The summed E-state index contributed by atoms with van der Waals surface area (Å²) in [5.41, 5.74) is 1.70. The van der Waals surface area contributed by atoms with Crippen LogP contribution in [0.5, 0.6) is 11.5 Å². The van der Waals surface area contributed by atoms with Crippen LogP contribution in [0.1, 0.15) is 20.7 Å². The summed E-state index contributed by atoms with van der Waals surface area (Å²) < 4.78 is 5.76. The molecule has 0 heterocycles. The van der Waals surface area contributed by atoms with E-state index in [1.807, 2.05) is 72.8 Å². The van der Waals surface area contributed by atoms with Crippen molar-refractivity contribution in [3.05, 3.63) is 96.1 Å². The summed E-state index contributed by atoms with van der Waals surface area (Å²) in [6.45, 7) is 0. The monoisotopic (exact) mass is 458 g/mol. The minimum absolute atomic E-state index is 0.0250. The van der Waals surface area contributed by atoms with Crippen molar-refractivity contribution in [2.75, 3.05) is 0 Å². The molecule has 0 bridgehead atoms. The highest BCUT2D eigenvalue weighted by atomic mass is 79.9. The van der Waals surface area contributed by atoms with Gasteiger partial charge in [0.25, 0.3) is 0 Å². The van der Waals surface area contributed by atoms with Gasteiger partial charge < -0.3 is 4.74 Å². The van der Waals surface area contributed by atoms with Crippen molar-refractivity contribution in [2.24, 2.45) is 0 Å². The Morgan fingerprint density at radius 1 is 0.720 bits per heavy atom. The van der Waals surface area contributed by atoms with Crippen LogP contribution in [0.15, 0.2) is 84.9 Å². The Morgan fingerprint density at radius 3 is 1.84 bits per heavy atom. The summed E-state index contributed by atoms with van der Waals surface area (Å²) in [5.74, 6) is 1.49. The van der Waals surface area contributed by atoms with Crippen molar-refractivity contribution in [3.63, 3.8) is 0 Å². The number of benzene rings is 3. The van der Waals surface area contributed by atoms with Gasteiger partial charge in [0, 0.05) is 5.56 Å². The molecule has 0 fully saturated rings. The maximum absolute atomic E-state index is 12.7. The van der Waals surface area contributed by atoms with Gasteiger partial charge in [-0.15, -0.1) is 0 Å². The third-order valence-electron chi connectivity index (χ3n) is 3.74. The van der Waals surface area contributed by atoms with E-state index in [0.29, 0.717) is 11.3 Å². The molecule has 0 N–H and O–H groups in total. The molecule has 0 aliphatic carbocycles. The van der Waals surface area contributed by atoms with Gasteiger partial charge >= 0.3 is 0 Å². The molecule has 0 saturated heterocycles. The number of para-hydroxylation sites is 1. The fourth-order valence-electron chi connectivity index (χ4n) is 2.41. The van der Waals surface area contributed by atoms with Crippen molar-refractivity contribution < 1.29 is 9.53 Å². The summed E-state index contributed by atoms with van der Waals surface area (Å²) in [4.78, 5) is 12.3. The lowest BCUT2D eigenvalue weighted by molar-refractivity contribution is 0.0991. The molecule has 0 amide bonds. The maximum atomic E-state index is 12.7. The summed E-state index contributed by atoms with van der Waals surface area (Å²) >= 11 is 7.14. The average Bonchev–Trinajstić information content (AvgIpc) is 2.68. The number of hydrogen-bond donors (Lipinski definition) is 0. The number of carbonyl (C=O) groups excluding carboxylic acids is 1. The number of hydrogen-bond acceptors (Lipinski definition) is 2. The van der Waals surface area contributed by atoms with Crippen molar-refractivity contribution in [1.29, 1.82) is 0 Å². The van der Waals surface area contributed by atoms with Gasteiger partial charge in [0.2, 0.25) is 0 Å². The number of ketones is 1. The Morgan fingerprint density at radius 2 is 1.24 bits per heavy atom. The van der Waals surface area contributed by atoms with Crippen molar-refractivity contribution in [1.82, 2.24) is 0 Å². The largest absolute Gasteiger partial charge is 0.457 e. The molecule has 0 aliphatic heterocycles. The molecule has 3 aromatic rings. The van der Waals surface area contributed by atoms with Crippen molar-refractivity contribution in [3.8, 4) is 11.5 Å². The average molecular weight is 460 g/mol. The fraction of sp³-hybridized carbons (Fsp3) is 0.0952. The molecule has 3 rings (SSSR count). The van der Waals surface area contributed by atoms with E-state index in [-0.39, 0.29) is 15.4 Å². The summed E-state index contributed by atoms with van der Waals surface area (Å²) in [6, 6.07) is 26.6. The number of rotatable bonds is 6. The molecule has 0 unspecified atom stereocenters. The molecular weight excluding hydrogens is 444 g/mol. The lowest BCUT2D eigenvalue weighted by atomic mass is 10.0. The third kappa shape index (κ3) is 4.59. The first kappa shape index (κ1) is 17.9. The van der Waals surface area contributed by atoms with Gasteiger partial charge in [-0.2, -0.15) is 0 Å². The van der Waals surface area contributed by atoms with E-state index in [2.05, 4.69) is 31.9 Å². The first-order chi connectivity index (χ1) is 12.1. The minimum Gasteiger partial charge on any atom is -0.457 e. The van der Waals surface area contributed by atoms with Crippen LogP contribution in [0.2, 0.25) is 0 Å². The number of halogens is 2. The van der Waals surface area contributed by atoms with Crippen LogP contribution in [0, 0.1) is 0 Å².